The molecule has 0 saturated heterocycles. The van der Waals surface area contributed by atoms with Crippen molar-refractivity contribution in [2.75, 3.05) is 13.7 Å². The van der Waals surface area contributed by atoms with Crippen LogP contribution in [-0.2, 0) is 6.54 Å². The summed E-state index contributed by atoms with van der Waals surface area (Å²) < 4.78 is 11.0. The third-order valence-electron chi connectivity index (χ3n) is 3.50. The van der Waals surface area contributed by atoms with Gasteiger partial charge >= 0.3 is 6.03 Å². The van der Waals surface area contributed by atoms with Gasteiger partial charge in [-0.3, -0.25) is 0 Å². The molecule has 0 saturated carbocycles. The molecule has 1 unspecified atom stereocenters. The number of rotatable bonds is 7. The number of hydrogen-bond donors (Lipinski definition) is 2. The summed E-state index contributed by atoms with van der Waals surface area (Å²) in [7, 11) is 1.61. The van der Waals surface area contributed by atoms with Crippen molar-refractivity contribution < 1.29 is 14.3 Å². The lowest BCUT2D eigenvalue weighted by Gasteiger charge is -2.16. The van der Waals surface area contributed by atoms with E-state index in [1.165, 1.54) is 0 Å². The number of amides is 2. The second kappa shape index (κ2) is 8.82. The molecule has 5 heteroatoms. The van der Waals surface area contributed by atoms with Crippen LogP contribution in [0.4, 0.5) is 4.79 Å². The van der Waals surface area contributed by atoms with Gasteiger partial charge in [-0.05, 0) is 37.6 Å². The van der Waals surface area contributed by atoms with Gasteiger partial charge in [0.2, 0.25) is 0 Å². The quantitative estimate of drug-likeness (QED) is 0.820. The van der Waals surface area contributed by atoms with E-state index in [0.29, 0.717) is 13.2 Å². The molecule has 2 amide bonds. The van der Waals surface area contributed by atoms with E-state index >= 15 is 0 Å². The molecule has 24 heavy (non-hydrogen) atoms. The van der Waals surface area contributed by atoms with Gasteiger partial charge in [-0.25, -0.2) is 4.79 Å². The summed E-state index contributed by atoms with van der Waals surface area (Å²) in [6.07, 6.45) is 0. The molecule has 2 rings (SSSR count). The average Bonchev–Trinajstić information content (AvgIpc) is 2.58. The molecule has 0 radical (unpaired) electrons. The Morgan fingerprint density at radius 3 is 2.71 bits per heavy atom. The van der Waals surface area contributed by atoms with E-state index in [1.807, 2.05) is 62.4 Å². The fraction of sp³-hybridized carbons (Fsp3) is 0.316. The average molecular weight is 328 g/mol. The van der Waals surface area contributed by atoms with Crippen LogP contribution in [0.1, 0.15) is 18.1 Å². The van der Waals surface area contributed by atoms with Crippen molar-refractivity contribution >= 4 is 6.03 Å². The number of carbonyl (C=O) groups is 1. The highest BCUT2D eigenvalue weighted by molar-refractivity contribution is 5.74. The summed E-state index contributed by atoms with van der Waals surface area (Å²) in [5, 5.41) is 5.68. The van der Waals surface area contributed by atoms with Crippen molar-refractivity contribution in [3.63, 3.8) is 0 Å². The minimum atomic E-state index is -0.235. The van der Waals surface area contributed by atoms with Gasteiger partial charge in [-0.1, -0.05) is 30.3 Å². The zero-order chi connectivity index (χ0) is 17.4. The van der Waals surface area contributed by atoms with Crippen molar-refractivity contribution in [1.29, 1.82) is 0 Å². The first-order chi connectivity index (χ1) is 11.6. The van der Waals surface area contributed by atoms with Gasteiger partial charge in [-0.2, -0.15) is 0 Å². The van der Waals surface area contributed by atoms with Crippen LogP contribution in [0.2, 0.25) is 0 Å². The second-order valence-corrected chi connectivity index (χ2v) is 5.67. The largest absolute Gasteiger partial charge is 0.496 e. The molecule has 2 aromatic rings. The number of nitrogens with one attached hydrogen (secondary N) is 2. The Kier molecular flexibility index (Phi) is 6.49. The van der Waals surface area contributed by atoms with E-state index in [2.05, 4.69) is 10.6 Å². The van der Waals surface area contributed by atoms with Gasteiger partial charge in [0, 0.05) is 12.1 Å². The fourth-order valence-electron chi connectivity index (χ4n) is 2.27. The van der Waals surface area contributed by atoms with Crippen molar-refractivity contribution in [1.82, 2.24) is 10.6 Å². The maximum absolute atomic E-state index is 12.0. The third kappa shape index (κ3) is 5.50. The Morgan fingerprint density at radius 2 is 1.96 bits per heavy atom. The number of aryl methyl sites for hydroxylation is 1. The summed E-state index contributed by atoms with van der Waals surface area (Å²) in [5.74, 6) is 1.56. The van der Waals surface area contributed by atoms with Crippen LogP contribution in [-0.4, -0.2) is 25.8 Å². The Bertz CT molecular complexity index is 673. The fourth-order valence-corrected chi connectivity index (χ4v) is 2.27. The Hall–Kier alpha value is -2.69. The van der Waals surface area contributed by atoms with Gasteiger partial charge in [0.1, 0.15) is 18.1 Å². The van der Waals surface area contributed by atoms with E-state index < -0.39 is 0 Å². The molecule has 0 spiro atoms. The Balaban J connectivity index is 1.75. The monoisotopic (exact) mass is 328 g/mol. The highest BCUT2D eigenvalue weighted by Crippen LogP contribution is 2.16. The summed E-state index contributed by atoms with van der Waals surface area (Å²) >= 11 is 0. The molecule has 0 aliphatic carbocycles. The van der Waals surface area contributed by atoms with Crippen molar-refractivity contribution in [3.05, 3.63) is 59.7 Å². The lowest BCUT2D eigenvalue weighted by Crippen LogP contribution is -2.43. The Labute approximate surface area is 143 Å². The zero-order valence-electron chi connectivity index (χ0n) is 14.3. The van der Waals surface area contributed by atoms with Crippen LogP contribution in [0.3, 0.4) is 0 Å². The number of carbonyl (C=O) groups excluding carboxylic acids is 1. The summed E-state index contributed by atoms with van der Waals surface area (Å²) in [6.45, 7) is 4.73. The molecule has 1 atom stereocenters. The van der Waals surface area contributed by atoms with Crippen LogP contribution in [0.5, 0.6) is 11.5 Å². The summed E-state index contributed by atoms with van der Waals surface area (Å²) in [4.78, 5) is 12.0. The number of para-hydroxylation sites is 1. The van der Waals surface area contributed by atoms with Crippen molar-refractivity contribution in [2.24, 2.45) is 0 Å². The van der Waals surface area contributed by atoms with Crippen LogP contribution in [0, 0.1) is 6.92 Å². The standard InChI is InChI=1S/C19H24N2O3/c1-14-7-6-9-17(11-14)24-13-15(2)21-19(22)20-12-16-8-4-5-10-18(16)23-3/h4-11,15H,12-13H2,1-3H3,(H2,20,21,22). The van der Waals surface area contributed by atoms with Crippen LogP contribution in [0.25, 0.3) is 0 Å². The number of methoxy groups -OCH3 is 1. The van der Waals surface area contributed by atoms with Gasteiger partial charge in [0.25, 0.3) is 0 Å². The topological polar surface area (TPSA) is 59.6 Å². The number of ether oxygens (including phenoxy) is 2. The highest BCUT2D eigenvalue weighted by atomic mass is 16.5. The molecular weight excluding hydrogens is 304 g/mol. The number of benzene rings is 2. The smallest absolute Gasteiger partial charge is 0.315 e. The minimum Gasteiger partial charge on any atom is -0.496 e. The van der Waals surface area contributed by atoms with E-state index in [1.54, 1.807) is 7.11 Å². The van der Waals surface area contributed by atoms with Gasteiger partial charge in [0.15, 0.2) is 0 Å². The maximum Gasteiger partial charge on any atom is 0.315 e. The summed E-state index contributed by atoms with van der Waals surface area (Å²) in [6, 6.07) is 15.1. The molecule has 0 aliphatic rings. The molecule has 2 N–H and O–H groups in total. The number of urea groups is 1. The van der Waals surface area contributed by atoms with Crippen molar-refractivity contribution in [2.45, 2.75) is 26.4 Å². The van der Waals surface area contributed by atoms with Crippen LogP contribution in [0.15, 0.2) is 48.5 Å². The molecule has 5 nitrogen and oxygen atoms in total. The lowest BCUT2D eigenvalue weighted by molar-refractivity contribution is 0.226. The van der Waals surface area contributed by atoms with E-state index in [9.17, 15) is 4.79 Å². The Morgan fingerprint density at radius 1 is 1.17 bits per heavy atom. The van der Waals surface area contributed by atoms with E-state index in [4.69, 9.17) is 9.47 Å². The second-order valence-electron chi connectivity index (χ2n) is 5.67. The van der Waals surface area contributed by atoms with Gasteiger partial charge in [-0.15, -0.1) is 0 Å². The first-order valence-electron chi connectivity index (χ1n) is 7.94. The van der Waals surface area contributed by atoms with E-state index in [0.717, 1.165) is 22.6 Å². The number of hydrogen-bond acceptors (Lipinski definition) is 3. The van der Waals surface area contributed by atoms with Gasteiger partial charge < -0.3 is 20.1 Å². The molecule has 0 heterocycles. The van der Waals surface area contributed by atoms with Gasteiger partial charge in [0.05, 0.1) is 13.2 Å². The minimum absolute atomic E-state index is 0.108. The molecule has 0 fully saturated rings. The molecule has 2 aromatic carbocycles. The molecular formula is C19H24N2O3. The lowest BCUT2D eigenvalue weighted by atomic mass is 10.2. The first kappa shape index (κ1) is 17.7. The maximum atomic E-state index is 12.0. The predicted octanol–water partition coefficient (Wildman–Crippen LogP) is 3.27. The zero-order valence-corrected chi connectivity index (χ0v) is 14.3. The summed E-state index contributed by atoms with van der Waals surface area (Å²) in [5.41, 5.74) is 2.07. The predicted molar refractivity (Wildman–Crippen MR) is 94.5 cm³/mol. The van der Waals surface area contributed by atoms with E-state index in [-0.39, 0.29) is 12.1 Å². The normalized spacial score (nSPS) is 11.5. The highest BCUT2D eigenvalue weighted by Gasteiger charge is 2.09. The molecule has 0 aliphatic heterocycles. The first-order valence-corrected chi connectivity index (χ1v) is 7.94. The van der Waals surface area contributed by atoms with Crippen molar-refractivity contribution in [3.8, 4) is 11.5 Å². The van der Waals surface area contributed by atoms with Crippen LogP contribution < -0.4 is 20.1 Å². The SMILES string of the molecule is COc1ccccc1CNC(=O)NC(C)COc1cccc(C)c1. The molecule has 0 bridgehead atoms. The van der Waals surface area contributed by atoms with Crippen LogP contribution >= 0.6 is 0 Å². The third-order valence-corrected chi connectivity index (χ3v) is 3.50. The molecule has 128 valence electrons. The molecule has 0 aromatic heterocycles.